The molecule has 0 amide bonds. The molecule has 1 aliphatic heterocycles. The van der Waals surface area contributed by atoms with Gasteiger partial charge in [-0.2, -0.15) is 0 Å². The number of hydrogen-bond acceptors (Lipinski definition) is 5. The smallest absolute Gasteiger partial charge is 0.377 e. The van der Waals surface area contributed by atoms with E-state index in [2.05, 4.69) is 0 Å². The van der Waals surface area contributed by atoms with Gasteiger partial charge in [-0.3, -0.25) is 0 Å². The molecule has 1 rings (SSSR count). The van der Waals surface area contributed by atoms with Crippen LogP contribution in [-0.2, 0) is 23.7 Å². The van der Waals surface area contributed by atoms with Gasteiger partial charge in [-0.15, -0.1) is 0 Å². The molecular formula is C9H14O5. The van der Waals surface area contributed by atoms with Crippen molar-refractivity contribution < 1.29 is 23.7 Å². The van der Waals surface area contributed by atoms with E-state index in [-0.39, 0.29) is 12.6 Å². The molecule has 1 aliphatic rings. The first-order valence-electron chi connectivity index (χ1n) is 4.47. The number of carbonyl (C=O) groups is 1. The van der Waals surface area contributed by atoms with Crippen molar-refractivity contribution in [3.05, 3.63) is 11.5 Å². The number of carbonyl (C=O) groups excluding carboxylic acids is 1. The molecule has 0 atom stereocenters. The highest BCUT2D eigenvalue weighted by Crippen LogP contribution is 2.11. The molecule has 0 unspecified atom stereocenters. The van der Waals surface area contributed by atoms with E-state index in [0.29, 0.717) is 25.6 Å². The lowest BCUT2D eigenvalue weighted by atomic mass is 10.4. The summed E-state index contributed by atoms with van der Waals surface area (Å²) in [6.07, 6.45) is 0. The maximum absolute atomic E-state index is 11.3. The number of ether oxygens (including phenoxy) is 4. The molecular weight excluding hydrogens is 188 g/mol. The number of rotatable bonds is 2. The van der Waals surface area contributed by atoms with Crippen molar-refractivity contribution in [1.29, 1.82) is 0 Å². The first kappa shape index (κ1) is 10.8. The van der Waals surface area contributed by atoms with Gasteiger partial charge in [-0.1, -0.05) is 0 Å². The maximum atomic E-state index is 11.3. The summed E-state index contributed by atoms with van der Waals surface area (Å²) in [5.41, 5.74) is 0. The minimum atomic E-state index is -0.494. The van der Waals surface area contributed by atoms with Gasteiger partial charge in [0.2, 0.25) is 5.76 Å². The van der Waals surface area contributed by atoms with Crippen LogP contribution in [0.15, 0.2) is 11.5 Å². The van der Waals surface area contributed by atoms with Crippen molar-refractivity contribution in [3.8, 4) is 0 Å². The molecule has 1 heterocycles. The average Bonchev–Trinajstić information content (AvgIpc) is 2.12. The van der Waals surface area contributed by atoms with Crippen LogP contribution >= 0.6 is 0 Å². The van der Waals surface area contributed by atoms with Crippen molar-refractivity contribution in [2.24, 2.45) is 0 Å². The van der Waals surface area contributed by atoms with Gasteiger partial charge in [-0.25, -0.2) is 4.79 Å². The van der Waals surface area contributed by atoms with E-state index in [1.54, 1.807) is 13.8 Å². The molecule has 0 spiro atoms. The molecule has 0 bridgehead atoms. The molecule has 5 heteroatoms. The second kappa shape index (κ2) is 5.49. The zero-order valence-electron chi connectivity index (χ0n) is 8.37. The van der Waals surface area contributed by atoms with Crippen molar-refractivity contribution in [1.82, 2.24) is 0 Å². The van der Waals surface area contributed by atoms with Crippen LogP contribution in [0, 0.1) is 0 Å². The fourth-order valence-electron chi connectivity index (χ4n) is 0.958. The van der Waals surface area contributed by atoms with E-state index >= 15 is 0 Å². The first-order chi connectivity index (χ1) is 6.75. The molecule has 0 saturated heterocycles. The van der Waals surface area contributed by atoms with Gasteiger partial charge >= 0.3 is 5.97 Å². The van der Waals surface area contributed by atoms with Crippen LogP contribution in [0.3, 0.4) is 0 Å². The molecule has 0 N–H and O–H groups in total. The molecule has 80 valence electrons. The third-order valence-electron chi connectivity index (χ3n) is 1.61. The van der Waals surface area contributed by atoms with E-state index in [1.165, 1.54) is 0 Å². The van der Waals surface area contributed by atoms with Crippen LogP contribution in [0.25, 0.3) is 0 Å². The van der Waals surface area contributed by atoms with Gasteiger partial charge in [0.25, 0.3) is 0 Å². The van der Waals surface area contributed by atoms with Crippen molar-refractivity contribution in [2.45, 2.75) is 13.8 Å². The van der Waals surface area contributed by atoms with Crippen LogP contribution in [0.5, 0.6) is 0 Å². The largest absolute Gasteiger partial charge is 0.482 e. The lowest BCUT2D eigenvalue weighted by Gasteiger charge is -2.16. The molecule has 0 aliphatic carbocycles. The highest BCUT2D eigenvalue weighted by molar-refractivity contribution is 5.86. The Hall–Kier alpha value is -1.23. The van der Waals surface area contributed by atoms with Crippen molar-refractivity contribution in [2.75, 3.05) is 26.6 Å². The van der Waals surface area contributed by atoms with Crippen LogP contribution in [0.4, 0.5) is 0 Å². The highest BCUT2D eigenvalue weighted by atomic mass is 16.7. The van der Waals surface area contributed by atoms with Crippen LogP contribution in [-0.4, -0.2) is 32.6 Å². The monoisotopic (exact) mass is 202 g/mol. The Balaban J connectivity index is 2.68. The van der Waals surface area contributed by atoms with Gasteiger partial charge in [-0.05, 0) is 13.8 Å². The van der Waals surface area contributed by atoms with Crippen LogP contribution in [0.1, 0.15) is 13.8 Å². The van der Waals surface area contributed by atoms with Gasteiger partial charge in [0, 0.05) is 0 Å². The van der Waals surface area contributed by atoms with Gasteiger partial charge in [0.15, 0.2) is 6.79 Å². The second-order valence-corrected chi connectivity index (χ2v) is 2.62. The topological polar surface area (TPSA) is 54.0 Å². The molecule has 14 heavy (non-hydrogen) atoms. The Kier molecular flexibility index (Phi) is 4.25. The Bertz CT molecular complexity index is 233. The zero-order chi connectivity index (χ0) is 10.4. The minimum absolute atomic E-state index is 0.134. The Morgan fingerprint density at radius 2 is 2.21 bits per heavy atom. The quantitative estimate of drug-likeness (QED) is 0.620. The standard InChI is InChI=1S/C9H14O5/c1-3-12-9(10)8-7(2)14-6-11-4-5-13-8/h3-6H2,1-2H3/b8-7-. The molecule has 0 radical (unpaired) electrons. The summed E-state index contributed by atoms with van der Waals surface area (Å²) >= 11 is 0. The van der Waals surface area contributed by atoms with Crippen LogP contribution in [0.2, 0.25) is 0 Å². The molecule has 0 aromatic carbocycles. The predicted molar refractivity (Wildman–Crippen MR) is 47.2 cm³/mol. The summed E-state index contributed by atoms with van der Waals surface area (Å²) in [5, 5.41) is 0. The van der Waals surface area contributed by atoms with Gasteiger partial charge in [0.05, 0.1) is 13.2 Å². The van der Waals surface area contributed by atoms with Crippen molar-refractivity contribution >= 4 is 5.97 Å². The summed E-state index contributed by atoms with van der Waals surface area (Å²) in [5.74, 6) is 0.0326. The van der Waals surface area contributed by atoms with Crippen LogP contribution < -0.4 is 0 Å². The lowest BCUT2D eigenvalue weighted by molar-refractivity contribution is -0.145. The number of allylic oxidation sites excluding steroid dienone is 1. The summed E-state index contributed by atoms with van der Waals surface area (Å²) in [6.45, 7) is 4.56. The number of esters is 1. The average molecular weight is 202 g/mol. The van der Waals surface area contributed by atoms with Gasteiger partial charge in [0.1, 0.15) is 12.4 Å². The highest BCUT2D eigenvalue weighted by Gasteiger charge is 2.18. The third-order valence-corrected chi connectivity index (χ3v) is 1.61. The fourth-order valence-corrected chi connectivity index (χ4v) is 0.958. The van der Waals surface area contributed by atoms with E-state index in [0.717, 1.165) is 0 Å². The SMILES string of the molecule is CCOC(=O)/C1=C(\C)OCOCCO1. The second-order valence-electron chi connectivity index (χ2n) is 2.62. The molecule has 5 nitrogen and oxygen atoms in total. The molecule has 0 aromatic rings. The van der Waals surface area contributed by atoms with E-state index in [1.807, 2.05) is 0 Å². The summed E-state index contributed by atoms with van der Waals surface area (Å²) in [7, 11) is 0. The van der Waals surface area contributed by atoms with Crippen molar-refractivity contribution in [3.63, 3.8) is 0 Å². The summed E-state index contributed by atoms with van der Waals surface area (Å²) in [4.78, 5) is 11.3. The third kappa shape index (κ3) is 2.92. The Morgan fingerprint density at radius 1 is 1.43 bits per heavy atom. The predicted octanol–water partition coefficient (Wildman–Crippen LogP) is 0.802. The summed E-state index contributed by atoms with van der Waals surface area (Å²) in [6, 6.07) is 0. The molecule has 0 fully saturated rings. The minimum Gasteiger partial charge on any atom is -0.482 e. The fraction of sp³-hybridized carbons (Fsp3) is 0.667. The first-order valence-corrected chi connectivity index (χ1v) is 4.47. The maximum Gasteiger partial charge on any atom is 0.377 e. The number of hydrogen-bond donors (Lipinski definition) is 0. The lowest BCUT2D eigenvalue weighted by Crippen LogP contribution is -2.19. The molecule has 0 aromatic heterocycles. The van der Waals surface area contributed by atoms with Gasteiger partial charge < -0.3 is 18.9 Å². The molecule has 0 saturated carbocycles. The normalized spacial score (nSPS) is 22.7. The summed E-state index contributed by atoms with van der Waals surface area (Å²) < 4.78 is 20.1. The van der Waals surface area contributed by atoms with E-state index < -0.39 is 5.97 Å². The van der Waals surface area contributed by atoms with E-state index in [9.17, 15) is 4.79 Å². The van der Waals surface area contributed by atoms with E-state index in [4.69, 9.17) is 18.9 Å². The Labute approximate surface area is 82.6 Å². The zero-order valence-corrected chi connectivity index (χ0v) is 8.37. The Morgan fingerprint density at radius 3 is 2.93 bits per heavy atom.